The molecule has 0 aromatic heterocycles. The number of benzene rings is 1. The van der Waals surface area contributed by atoms with Gasteiger partial charge in [-0.1, -0.05) is 0 Å². The van der Waals surface area contributed by atoms with Crippen LogP contribution >= 0.6 is 0 Å². The first-order valence-corrected chi connectivity index (χ1v) is 5.09. The number of hydrogen-bond acceptors (Lipinski definition) is 4. The van der Waals surface area contributed by atoms with Crippen LogP contribution in [0.2, 0.25) is 0 Å². The SMILES string of the molecule is COc1cc(N(C)C(C)=O)cc(OC)c1OC. The normalized spacial score (nSPS) is 9.71. The zero-order chi connectivity index (χ0) is 13.0. The van der Waals surface area contributed by atoms with E-state index < -0.39 is 0 Å². The van der Waals surface area contributed by atoms with Crippen molar-refractivity contribution in [3.05, 3.63) is 12.1 Å². The van der Waals surface area contributed by atoms with Gasteiger partial charge in [-0.25, -0.2) is 0 Å². The van der Waals surface area contributed by atoms with Gasteiger partial charge >= 0.3 is 0 Å². The van der Waals surface area contributed by atoms with Crippen LogP contribution in [0.5, 0.6) is 17.2 Å². The van der Waals surface area contributed by atoms with E-state index in [2.05, 4.69) is 0 Å². The molecule has 0 radical (unpaired) electrons. The Morgan fingerprint density at radius 1 is 1.06 bits per heavy atom. The Morgan fingerprint density at radius 2 is 1.53 bits per heavy atom. The van der Waals surface area contributed by atoms with Gasteiger partial charge in [0.2, 0.25) is 11.7 Å². The van der Waals surface area contributed by atoms with E-state index in [4.69, 9.17) is 14.2 Å². The molecule has 0 spiro atoms. The summed E-state index contributed by atoms with van der Waals surface area (Å²) >= 11 is 0. The van der Waals surface area contributed by atoms with Crippen molar-refractivity contribution < 1.29 is 19.0 Å². The van der Waals surface area contributed by atoms with Gasteiger partial charge in [-0.05, 0) is 0 Å². The van der Waals surface area contributed by atoms with Gasteiger partial charge in [0.25, 0.3) is 0 Å². The van der Waals surface area contributed by atoms with Gasteiger partial charge in [0.05, 0.1) is 27.0 Å². The molecule has 0 fully saturated rings. The Labute approximate surface area is 101 Å². The van der Waals surface area contributed by atoms with E-state index in [9.17, 15) is 4.79 Å². The molecule has 0 heterocycles. The molecule has 0 bridgehead atoms. The number of hydrogen-bond donors (Lipinski definition) is 0. The van der Waals surface area contributed by atoms with Crippen LogP contribution in [0.4, 0.5) is 5.69 Å². The summed E-state index contributed by atoms with van der Waals surface area (Å²) in [5.41, 5.74) is 0.687. The van der Waals surface area contributed by atoms with Crippen LogP contribution in [0.15, 0.2) is 12.1 Å². The standard InChI is InChI=1S/C12H17NO4/c1-8(14)13(2)9-6-10(15-3)12(17-5)11(7-9)16-4/h6-7H,1-5H3. The third kappa shape index (κ3) is 2.61. The van der Waals surface area contributed by atoms with E-state index in [0.29, 0.717) is 22.9 Å². The average molecular weight is 239 g/mol. The molecule has 1 amide bonds. The average Bonchev–Trinajstić information content (AvgIpc) is 2.35. The summed E-state index contributed by atoms with van der Waals surface area (Å²) < 4.78 is 15.6. The molecule has 5 nitrogen and oxygen atoms in total. The fourth-order valence-corrected chi connectivity index (χ4v) is 1.44. The maximum absolute atomic E-state index is 11.3. The maximum Gasteiger partial charge on any atom is 0.223 e. The Bertz CT molecular complexity index is 392. The van der Waals surface area contributed by atoms with E-state index in [1.54, 1.807) is 19.2 Å². The van der Waals surface area contributed by atoms with Crippen LogP contribution in [-0.2, 0) is 4.79 Å². The Morgan fingerprint density at radius 3 is 1.82 bits per heavy atom. The quantitative estimate of drug-likeness (QED) is 0.802. The first-order chi connectivity index (χ1) is 8.04. The molecular formula is C12H17NO4. The second-order valence-corrected chi connectivity index (χ2v) is 3.46. The van der Waals surface area contributed by atoms with Crippen molar-refractivity contribution in [3.63, 3.8) is 0 Å². The van der Waals surface area contributed by atoms with Gasteiger partial charge in [-0.15, -0.1) is 0 Å². The van der Waals surface area contributed by atoms with Crippen LogP contribution in [0, 0.1) is 0 Å². The van der Waals surface area contributed by atoms with Crippen LogP contribution in [0.1, 0.15) is 6.92 Å². The third-order valence-corrected chi connectivity index (χ3v) is 2.51. The largest absolute Gasteiger partial charge is 0.493 e. The fourth-order valence-electron chi connectivity index (χ4n) is 1.44. The maximum atomic E-state index is 11.3. The molecule has 17 heavy (non-hydrogen) atoms. The molecule has 94 valence electrons. The predicted octanol–water partition coefficient (Wildman–Crippen LogP) is 1.70. The van der Waals surface area contributed by atoms with E-state index >= 15 is 0 Å². The summed E-state index contributed by atoms with van der Waals surface area (Å²) in [5.74, 6) is 1.49. The zero-order valence-electron chi connectivity index (χ0n) is 10.7. The smallest absolute Gasteiger partial charge is 0.223 e. The number of carbonyl (C=O) groups is 1. The molecule has 0 unspecified atom stereocenters. The third-order valence-electron chi connectivity index (χ3n) is 2.51. The number of anilines is 1. The topological polar surface area (TPSA) is 48.0 Å². The van der Waals surface area contributed by atoms with Crippen LogP contribution in [0.3, 0.4) is 0 Å². The lowest BCUT2D eigenvalue weighted by molar-refractivity contribution is -0.116. The molecule has 0 aliphatic rings. The number of methoxy groups -OCH3 is 3. The highest BCUT2D eigenvalue weighted by Crippen LogP contribution is 2.40. The highest BCUT2D eigenvalue weighted by molar-refractivity contribution is 5.91. The Balaban J connectivity index is 3.31. The molecule has 0 aliphatic carbocycles. The summed E-state index contributed by atoms with van der Waals surface area (Å²) in [4.78, 5) is 12.8. The second kappa shape index (κ2) is 5.43. The van der Waals surface area contributed by atoms with Gasteiger partial charge < -0.3 is 19.1 Å². The molecule has 0 aliphatic heterocycles. The summed E-state index contributed by atoms with van der Waals surface area (Å²) in [5, 5.41) is 0. The van der Waals surface area contributed by atoms with E-state index in [1.807, 2.05) is 0 Å². The van der Waals surface area contributed by atoms with Crippen molar-refractivity contribution >= 4 is 11.6 Å². The highest BCUT2D eigenvalue weighted by Gasteiger charge is 2.16. The highest BCUT2D eigenvalue weighted by atomic mass is 16.5. The van der Waals surface area contributed by atoms with E-state index in [0.717, 1.165) is 0 Å². The molecular weight excluding hydrogens is 222 g/mol. The van der Waals surface area contributed by atoms with Crippen molar-refractivity contribution in [2.45, 2.75) is 6.92 Å². The minimum atomic E-state index is -0.0701. The number of nitrogens with zero attached hydrogens (tertiary/aromatic N) is 1. The summed E-state index contributed by atoms with van der Waals surface area (Å²) in [6.45, 7) is 1.49. The lowest BCUT2D eigenvalue weighted by atomic mass is 10.2. The first kappa shape index (κ1) is 13.2. The van der Waals surface area contributed by atoms with Crippen LogP contribution < -0.4 is 19.1 Å². The fraction of sp³-hybridized carbons (Fsp3) is 0.417. The van der Waals surface area contributed by atoms with Gasteiger partial charge in [0.15, 0.2) is 11.5 Å². The Hall–Kier alpha value is -1.91. The molecule has 0 saturated heterocycles. The Kier molecular flexibility index (Phi) is 4.20. The number of ether oxygens (including phenoxy) is 3. The lowest BCUT2D eigenvalue weighted by Gasteiger charge is -2.19. The molecule has 1 aromatic carbocycles. The van der Waals surface area contributed by atoms with Crippen LogP contribution in [-0.4, -0.2) is 34.3 Å². The molecule has 1 aromatic rings. The van der Waals surface area contributed by atoms with Gasteiger partial charge in [-0.2, -0.15) is 0 Å². The zero-order valence-corrected chi connectivity index (χ0v) is 10.7. The monoisotopic (exact) mass is 239 g/mol. The molecule has 0 N–H and O–H groups in total. The van der Waals surface area contributed by atoms with Crippen molar-refractivity contribution in [1.29, 1.82) is 0 Å². The summed E-state index contributed by atoms with van der Waals surface area (Å²) in [7, 11) is 6.29. The van der Waals surface area contributed by atoms with Gasteiger partial charge in [0.1, 0.15) is 0 Å². The summed E-state index contributed by atoms with van der Waals surface area (Å²) in [6.07, 6.45) is 0. The van der Waals surface area contributed by atoms with Gasteiger partial charge in [0, 0.05) is 26.1 Å². The molecule has 0 saturated carbocycles. The number of amides is 1. The molecule has 1 rings (SSSR count). The second-order valence-electron chi connectivity index (χ2n) is 3.46. The molecule has 5 heteroatoms. The predicted molar refractivity (Wildman–Crippen MR) is 65.2 cm³/mol. The van der Waals surface area contributed by atoms with Crippen LogP contribution in [0.25, 0.3) is 0 Å². The number of carbonyl (C=O) groups excluding carboxylic acids is 1. The first-order valence-electron chi connectivity index (χ1n) is 5.09. The number of rotatable bonds is 4. The van der Waals surface area contributed by atoms with E-state index in [1.165, 1.54) is 33.2 Å². The van der Waals surface area contributed by atoms with Gasteiger partial charge in [-0.3, -0.25) is 4.79 Å². The van der Waals surface area contributed by atoms with Crippen molar-refractivity contribution in [3.8, 4) is 17.2 Å². The molecule has 0 atom stereocenters. The van der Waals surface area contributed by atoms with Crippen molar-refractivity contribution in [2.24, 2.45) is 0 Å². The lowest BCUT2D eigenvalue weighted by Crippen LogP contribution is -2.22. The van der Waals surface area contributed by atoms with E-state index in [-0.39, 0.29) is 5.91 Å². The minimum absolute atomic E-state index is 0.0701. The summed E-state index contributed by atoms with van der Waals surface area (Å²) in [6, 6.07) is 3.45. The minimum Gasteiger partial charge on any atom is -0.493 e. The van der Waals surface area contributed by atoms with Crippen molar-refractivity contribution in [2.75, 3.05) is 33.3 Å². The van der Waals surface area contributed by atoms with Crippen molar-refractivity contribution in [1.82, 2.24) is 0 Å².